The molecular weight excluding hydrogens is 318 g/mol. The van der Waals surface area contributed by atoms with Crippen molar-refractivity contribution in [3.63, 3.8) is 0 Å². The molecule has 0 bridgehead atoms. The molecule has 0 aromatic carbocycles. The van der Waals surface area contributed by atoms with Gasteiger partial charge in [-0.05, 0) is 33.6 Å². The highest BCUT2D eigenvalue weighted by molar-refractivity contribution is 7.89. The molecule has 7 nitrogen and oxygen atoms in total. The van der Waals surface area contributed by atoms with E-state index >= 15 is 0 Å². The van der Waals surface area contributed by atoms with E-state index in [0.29, 0.717) is 13.1 Å². The summed E-state index contributed by atoms with van der Waals surface area (Å²) in [6.07, 6.45) is 2.98. The van der Waals surface area contributed by atoms with Crippen molar-refractivity contribution in [2.24, 2.45) is 5.73 Å². The van der Waals surface area contributed by atoms with Gasteiger partial charge < -0.3 is 15.4 Å². The van der Waals surface area contributed by atoms with Crippen LogP contribution in [0.1, 0.15) is 46.5 Å². The SMILES string of the molecule is CC(C)(C)OC(=O)N1CCN(S(=O)(=O)C2CCCC2)C(CN)C1. The van der Waals surface area contributed by atoms with Gasteiger partial charge >= 0.3 is 6.09 Å². The Hall–Kier alpha value is -0.860. The summed E-state index contributed by atoms with van der Waals surface area (Å²) < 4.78 is 32.5. The molecule has 1 unspecified atom stereocenters. The molecule has 0 aromatic heterocycles. The minimum absolute atomic E-state index is 0.200. The fourth-order valence-corrected chi connectivity index (χ4v) is 5.45. The van der Waals surface area contributed by atoms with Crippen molar-refractivity contribution in [3.8, 4) is 0 Å². The number of carbonyl (C=O) groups is 1. The molecule has 0 radical (unpaired) electrons. The molecule has 0 aromatic rings. The third kappa shape index (κ3) is 4.36. The number of ether oxygens (including phenoxy) is 1. The molecule has 134 valence electrons. The normalized spacial score (nSPS) is 24.9. The second kappa shape index (κ2) is 6.94. The average Bonchev–Trinajstić information content (AvgIpc) is 2.99. The van der Waals surface area contributed by atoms with Gasteiger partial charge in [-0.15, -0.1) is 0 Å². The Morgan fingerprint density at radius 2 is 1.83 bits per heavy atom. The molecule has 1 atom stereocenters. The van der Waals surface area contributed by atoms with Crippen molar-refractivity contribution in [2.75, 3.05) is 26.2 Å². The van der Waals surface area contributed by atoms with Gasteiger partial charge in [0.2, 0.25) is 10.0 Å². The summed E-state index contributed by atoms with van der Waals surface area (Å²) in [6.45, 7) is 6.56. The van der Waals surface area contributed by atoms with Crippen molar-refractivity contribution in [3.05, 3.63) is 0 Å². The molecule has 2 fully saturated rings. The van der Waals surface area contributed by atoms with Crippen molar-refractivity contribution in [1.82, 2.24) is 9.21 Å². The van der Waals surface area contributed by atoms with Crippen LogP contribution in [0.15, 0.2) is 0 Å². The minimum Gasteiger partial charge on any atom is -0.444 e. The zero-order chi connectivity index (χ0) is 17.3. The highest BCUT2D eigenvalue weighted by Gasteiger charge is 2.41. The largest absolute Gasteiger partial charge is 0.444 e. The molecule has 1 heterocycles. The maximum absolute atomic E-state index is 12.8. The van der Waals surface area contributed by atoms with Crippen LogP contribution in [0.5, 0.6) is 0 Å². The van der Waals surface area contributed by atoms with Crippen LogP contribution in [0.25, 0.3) is 0 Å². The van der Waals surface area contributed by atoms with Crippen molar-refractivity contribution < 1.29 is 17.9 Å². The first-order valence-corrected chi connectivity index (χ1v) is 9.84. The standard InChI is InChI=1S/C15H29N3O4S/c1-15(2,3)22-14(19)17-8-9-18(12(10-16)11-17)23(20,21)13-6-4-5-7-13/h12-13H,4-11,16H2,1-3H3. The van der Waals surface area contributed by atoms with Crippen LogP contribution >= 0.6 is 0 Å². The lowest BCUT2D eigenvalue weighted by molar-refractivity contribution is 0.0137. The van der Waals surface area contributed by atoms with E-state index in [1.807, 2.05) is 20.8 Å². The summed E-state index contributed by atoms with van der Waals surface area (Å²) in [4.78, 5) is 13.7. The van der Waals surface area contributed by atoms with Gasteiger partial charge in [0.1, 0.15) is 5.60 Å². The zero-order valence-electron chi connectivity index (χ0n) is 14.3. The number of rotatable bonds is 3. The number of hydrogen-bond acceptors (Lipinski definition) is 5. The van der Waals surface area contributed by atoms with Crippen LogP contribution in [0.2, 0.25) is 0 Å². The fraction of sp³-hybridized carbons (Fsp3) is 0.933. The lowest BCUT2D eigenvalue weighted by Gasteiger charge is -2.41. The number of nitrogens with zero attached hydrogens (tertiary/aromatic N) is 2. The zero-order valence-corrected chi connectivity index (χ0v) is 15.1. The predicted molar refractivity (Wildman–Crippen MR) is 88.5 cm³/mol. The van der Waals surface area contributed by atoms with Crippen LogP contribution in [0, 0.1) is 0 Å². The number of carbonyl (C=O) groups excluding carboxylic acids is 1. The van der Waals surface area contributed by atoms with Gasteiger partial charge in [0.25, 0.3) is 0 Å². The molecule has 23 heavy (non-hydrogen) atoms. The number of amides is 1. The van der Waals surface area contributed by atoms with Crippen LogP contribution < -0.4 is 5.73 Å². The molecule has 1 aliphatic carbocycles. The predicted octanol–water partition coefficient (Wildman–Crippen LogP) is 1.14. The van der Waals surface area contributed by atoms with E-state index in [0.717, 1.165) is 25.7 Å². The van der Waals surface area contributed by atoms with E-state index in [-0.39, 0.29) is 24.4 Å². The summed E-state index contributed by atoms with van der Waals surface area (Å²) in [6, 6.07) is -0.373. The summed E-state index contributed by atoms with van der Waals surface area (Å²) in [7, 11) is -3.33. The topological polar surface area (TPSA) is 92.9 Å². The minimum atomic E-state index is -3.33. The van der Waals surface area contributed by atoms with E-state index in [4.69, 9.17) is 10.5 Å². The fourth-order valence-electron chi connectivity index (χ4n) is 3.24. The molecule has 2 aliphatic rings. The third-order valence-corrected chi connectivity index (χ3v) is 6.85. The number of sulfonamides is 1. The van der Waals surface area contributed by atoms with Crippen molar-refractivity contribution >= 4 is 16.1 Å². The highest BCUT2D eigenvalue weighted by Crippen LogP contribution is 2.29. The third-order valence-electron chi connectivity index (χ3n) is 4.40. The Bertz CT molecular complexity index is 523. The quantitative estimate of drug-likeness (QED) is 0.826. The van der Waals surface area contributed by atoms with Crippen LogP contribution in [0.4, 0.5) is 4.79 Å². The van der Waals surface area contributed by atoms with Gasteiger partial charge in [0.05, 0.1) is 11.3 Å². The van der Waals surface area contributed by atoms with Gasteiger partial charge in [-0.2, -0.15) is 4.31 Å². The van der Waals surface area contributed by atoms with Gasteiger partial charge in [0.15, 0.2) is 0 Å². The first kappa shape index (κ1) is 18.5. The molecular formula is C15H29N3O4S. The van der Waals surface area contributed by atoms with E-state index in [1.54, 1.807) is 4.90 Å². The maximum atomic E-state index is 12.8. The summed E-state index contributed by atoms with van der Waals surface area (Å²) in [5, 5.41) is -0.287. The molecule has 0 spiro atoms. The number of piperazine rings is 1. The molecule has 8 heteroatoms. The molecule has 2 rings (SSSR count). The Balaban J connectivity index is 2.05. The Morgan fingerprint density at radius 3 is 2.35 bits per heavy atom. The van der Waals surface area contributed by atoms with Crippen LogP contribution in [0.3, 0.4) is 0 Å². The number of nitrogens with two attached hydrogens (primary N) is 1. The maximum Gasteiger partial charge on any atom is 0.410 e. The lowest BCUT2D eigenvalue weighted by atomic mass is 10.2. The van der Waals surface area contributed by atoms with Crippen LogP contribution in [-0.4, -0.2) is 66.8 Å². The van der Waals surface area contributed by atoms with Crippen molar-refractivity contribution in [1.29, 1.82) is 0 Å². The highest BCUT2D eigenvalue weighted by atomic mass is 32.2. The monoisotopic (exact) mass is 347 g/mol. The smallest absolute Gasteiger partial charge is 0.410 e. The molecule has 1 amide bonds. The van der Waals surface area contributed by atoms with Gasteiger partial charge in [-0.3, -0.25) is 0 Å². The van der Waals surface area contributed by atoms with Gasteiger partial charge in [-0.25, -0.2) is 13.2 Å². The first-order valence-electron chi connectivity index (χ1n) is 8.34. The molecule has 2 N–H and O–H groups in total. The summed E-state index contributed by atoms with van der Waals surface area (Å²) >= 11 is 0. The van der Waals surface area contributed by atoms with E-state index in [2.05, 4.69) is 0 Å². The number of hydrogen-bond donors (Lipinski definition) is 1. The molecule has 1 saturated carbocycles. The van der Waals surface area contributed by atoms with Gasteiger partial charge in [-0.1, -0.05) is 12.8 Å². The molecule has 1 saturated heterocycles. The average molecular weight is 347 g/mol. The Morgan fingerprint density at radius 1 is 1.22 bits per heavy atom. The first-order chi connectivity index (χ1) is 10.6. The Labute approximate surface area is 139 Å². The van der Waals surface area contributed by atoms with Gasteiger partial charge in [0, 0.05) is 26.2 Å². The second-order valence-corrected chi connectivity index (χ2v) is 9.54. The van der Waals surface area contributed by atoms with E-state index in [9.17, 15) is 13.2 Å². The molecule has 1 aliphatic heterocycles. The van der Waals surface area contributed by atoms with E-state index in [1.165, 1.54) is 4.31 Å². The van der Waals surface area contributed by atoms with Crippen LogP contribution in [-0.2, 0) is 14.8 Å². The lowest BCUT2D eigenvalue weighted by Crippen LogP contribution is -2.60. The summed E-state index contributed by atoms with van der Waals surface area (Å²) in [5.41, 5.74) is 5.23. The van der Waals surface area contributed by atoms with Crippen molar-refractivity contribution in [2.45, 2.75) is 63.3 Å². The summed E-state index contributed by atoms with van der Waals surface area (Å²) in [5.74, 6) is 0. The van der Waals surface area contributed by atoms with E-state index < -0.39 is 21.7 Å². The Kier molecular flexibility index (Phi) is 5.58. The second-order valence-electron chi connectivity index (χ2n) is 7.38.